The van der Waals surface area contributed by atoms with Crippen molar-refractivity contribution in [1.82, 2.24) is 15.1 Å². The van der Waals surface area contributed by atoms with E-state index in [0.717, 1.165) is 25.3 Å². The van der Waals surface area contributed by atoms with Crippen LogP contribution >= 0.6 is 15.9 Å². The van der Waals surface area contributed by atoms with Crippen LogP contribution in [-0.4, -0.2) is 41.3 Å². The minimum absolute atomic E-state index is 0.161. The summed E-state index contributed by atoms with van der Waals surface area (Å²) in [7, 11) is 0. The number of hydrogen-bond acceptors (Lipinski definition) is 4. The summed E-state index contributed by atoms with van der Waals surface area (Å²) in [5.41, 5.74) is 4.03. The lowest BCUT2D eigenvalue weighted by atomic mass is 9.71. The van der Waals surface area contributed by atoms with Crippen LogP contribution in [0, 0.1) is 12.3 Å². The third-order valence-corrected chi connectivity index (χ3v) is 6.48. The number of likely N-dealkylation sites (tertiary alicyclic amines) is 1. The highest BCUT2D eigenvalue weighted by Crippen LogP contribution is 2.42. The highest BCUT2D eigenvalue weighted by Gasteiger charge is 2.44. The number of H-pyrrole nitrogens is 1. The van der Waals surface area contributed by atoms with Crippen LogP contribution in [0.2, 0.25) is 0 Å². The molecule has 1 aromatic heterocycles. The van der Waals surface area contributed by atoms with E-state index in [0.29, 0.717) is 9.89 Å². The summed E-state index contributed by atoms with van der Waals surface area (Å²) in [6.07, 6.45) is 4.10. The third kappa shape index (κ3) is 3.25. The molecule has 1 spiro atoms. The van der Waals surface area contributed by atoms with Crippen molar-refractivity contribution in [3.8, 4) is 0 Å². The number of halogens is 1. The first-order valence-corrected chi connectivity index (χ1v) is 9.61. The first kappa shape index (κ1) is 16.8. The van der Waals surface area contributed by atoms with Crippen molar-refractivity contribution in [2.24, 2.45) is 5.41 Å². The summed E-state index contributed by atoms with van der Waals surface area (Å²) in [6, 6.07) is 8.66. The van der Waals surface area contributed by atoms with Crippen LogP contribution in [0.1, 0.15) is 24.0 Å². The predicted octanol–water partition coefficient (Wildman–Crippen LogP) is 2.94. The minimum atomic E-state index is -0.161. The Balaban J connectivity index is 1.35. The van der Waals surface area contributed by atoms with Gasteiger partial charge in [0, 0.05) is 32.7 Å². The number of anilines is 1. The summed E-state index contributed by atoms with van der Waals surface area (Å²) in [6.45, 7) is 7.59. The Kier molecular flexibility index (Phi) is 4.41. The molecule has 2 saturated heterocycles. The lowest BCUT2D eigenvalue weighted by molar-refractivity contribution is -0.0241. The molecule has 1 aromatic carbocycles. The molecule has 5 nitrogen and oxygen atoms in total. The molecule has 0 unspecified atom stereocenters. The number of benzene rings is 1. The van der Waals surface area contributed by atoms with Crippen molar-refractivity contribution in [1.29, 1.82) is 0 Å². The van der Waals surface area contributed by atoms with Crippen molar-refractivity contribution in [3.05, 3.63) is 56.4 Å². The fourth-order valence-electron chi connectivity index (χ4n) is 4.18. The second kappa shape index (κ2) is 6.57. The molecule has 4 rings (SSSR count). The normalized spacial score (nSPS) is 19.8. The molecule has 132 valence electrons. The van der Waals surface area contributed by atoms with Crippen LogP contribution in [0.3, 0.4) is 0 Å². The molecule has 2 aliphatic rings. The predicted molar refractivity (Wildman–Crippen MR) is 103 cm³/mol. The van der Waals surface area contributed by atoms with Gasteiger partial charge in [-0.1, -0.05) is 24.3 Å². The van der Waals surface area contributed by atoms with Crippen molar-refractivity contribution in [2.75, 3.05) is 31.1 Å². The molecule has 0 radical (unpaired) electrons. The van der Waals surface area contributed by atoms with Crippen LogP contribution in [0.5, 0.6) is 0 Å². The molecular formula is C19H23BrN4O. The monoisotopic (exact) mass is 402 g/mol. The maximum Gasteiger partial charge on any atom is 0.280 e. The van der Waals surface area contributed by atoms with E-state index in [1.54, 1.807) is 6.20 Å². The number of nitrogens with zero attached hydrogens (tertiary/aromatic N) is 3. The van der Waals surface area contributed by atoms with Gasteiger partial charge in [0.2, 0.25) is 0 Å². The fraction of sp³-hybridized carbons (Fsp3) is 0.474. The van der Waals surface area contributed by atoms with Crippen LogP contribution in [0.15, 0.2) is 39.7 Å². The number of hydrogen-bond donors (Lipinski definition) is 1. The Morgan fingerprint density at radius 2 is 1.96 bits per heavy atom. The van der Waals surface area contributed by atoms with Crippen molar-refractivity contribution in [3.63, 3.8) is 0 Å². The van der Waals surface area contributed by atoms with Gasteiger partial charge in [-0.3, -0.25) is 9.69 Å². The van der Waals surface area contributed by atoms with E-state index < -0.39 is 0 Å². The van der Waals surface area contributed by atoms with E-state index in [-0.39, 0.29) is 5.56 Å². The molecule has 1 N–H and O–H groups in total. The number of nitrogens with one attached hydrogen (secondary N) is 1. The number of aryl methyl sites for hydroxylation is 1. The molecule has 2 fully saturated rings. The van der Waals surface area contributed by atoms with E-state index in [1.165, 1.54) is 37.1 Å². The van der Waals surface area contributed by atoms with Crippen molar-refractivity contribution < 1.29 is 0 Å². The quantitative estimate of drug-likeness (QED) is 0.857. The number of rotatable bonds is 3. The third-order valence-electron chi connectivity index (χ3n) is 5.72. The number of piperidine rings is 1. The number of aromatic amines is 1. The van der Waals surface area contributed by atoms with Gasteiger partial charge in [-0.2, -0.15) is 5.10 Å². The average molecular weight is 403 g/mol. The van der Waals surface area contributed by atoms with Gasteiger partial charge >= 0.3 is 0 Å². The molecule has 2 aliphatic heterocycles. The van der Waals surface area contributed by atoms with Crippen LogP contribution in [0.4, 0.5) is 5.69 Å². The maximum atomic E-state index is 11.7. The SMILES string of the molecule is Cc1ccccc1CN1CC2(CCN(c3cn[nH]c(=O)c3Br)CC2)C1. The van der Waals surface area contributed by atoms with Gasteiger partial charge in [-0.05, 0) is 52.2 Å². The Morgan fingerprint density at radius 1 is 1.24 bits per heavy atom. The molecule has 25 heavy (non-hydrogen) atoms. The Labute approximate surface area is 156 Å². The zero-order valence-electron chi connectivity index (χ0n) is 14.5. The van der Waals surface area contributed by atoms with Crippen molar-refractivity contribution in [2.45, 2.75) is 26.3 Å². The summed E-state index contributed by atoms with van der Waals surface area (Å²) in [5, 5.41) is 6.41. The van der Waals surface area contributed by atoms with Gasteiger partial charge in [0.25, 0.3) is 5.56 Å². The molecule has 0 amide bonds. The molecular weight excluding hydrogens is 380 g/mol. The van der Waals surface area contributed by atoms with Gasteiger partial charge in [-0.25, -0.2) is 5.10 Å². The molecule has 0 atom stereocenters. The van der Waals surface area contributed by atoms with Gasteiger partial charge in [0.15, 0.2) is 0 Å². The van der Waals surface area contributed by atoms with E-state index in [1.807, 2.05) is 0 Å². The zero-order chi connectivity index (χ0) is 17.4. The van der Waals surface area contributed by atoms with Crippen LogP contribution in [0.25, 0.3) is 0 Å². The van der Waals surface area contributed by atoms with Gasteiger partial charge in [0.05, 0.1) is 11.9 Å². The lowest BCUT2D eigenvalue weighted by Gasteiger charge is -2.54. The largest absolute Gasteiger partial charge is 0.369 e. The zero-order valence-corrected chi connectivity index (χ0v) is 16.1. The maximum absolute atomic E-state index is 11.7. The first-order chi connectivity index (χ1) is 12.1. The average Bonchev–Trinajstić information content (AvgIpc) is 2.59. The first-order valence-electron chi connectivity index (χ1n) is 8.81. The van der Waals surface area contributed by atoms with Crippen LogP contribution < -0.4 is 10.5 Å². The minimum Gasteiger partial charge on any atom is -0.369 e. The van der Waals surface area contributed by atoms with Gasteiger partial charge in [0.1, 0.15) is 4.47 Å². The molecule has 0 aliphatic carbocycles. The highest BCUT2D eigenvalue weighted by atomic mass is 79.9. The van der Waals surface area contributed by atoms with E-state index in [9.17, 15) is 4.79 Å². The smallest absolute Gasteiger partial charge is 0.280 e. The van der Waals surface area contributed by atoms with Crippen molar-refractivity contribution >= 4 is 21.6 Å². The summed E-state index contributed by atoms with van der Waals surface area (Å²) >= 11 is 3.40. The Hall–Kier alpha value is -1.66. The molecule has 0 saturated carbocycles. The fourth-order valence-corrected chi connectivity index (χ4v) is 4.62. The molecule has 0 bridgehead atoms. The van der Waals surface area contributed by atoms with E-state index >= 15 is 0 Å². The molecule has 3 heterocycles. The lowest BCUT2D eigenvalue weighted by Crippen LogP contribution is -2.59. The summed E-state index contributed by atoms with van der Waals surface area (Å²) in [4.78, 5) is 16.6. The molecule has 2 aromatic rings. The van der Waals surface area contributed by atoms with E-state index in [2.05, 4.69) is 67.1 Å². The van der Waals surface area contributed by atoms with Gasteiger partial charge < -0.3 is 4.90 Å². The standard InChI is InChI=1S/C19H23BrN4O/c1-14-4-2-3-5-15(14)11-23-12-19(13-23)6-8-24(9-7-19)16-10-21-22-18(25)17(16)20/h2-5,10H,6-9,11-13H2,1H3,(H,22,25). The number of aromatic nitrogens is 2. The Morgan fingerprint density at radius 3 is 2.68 bits per heavy atom. The Bertz CT molecular complexity index is 818. The molecule has 6 heteroatoms. The van der Waals surface area contributed by atoms with Crippen LogP contribution in [-0.2, 0) is 6.54 Å². The van der Waals surface area contributed by atoms with E-state index in [4.69, 9.17) is 0 Å². The topological polar surface area (TPSA) is 52.2 Å². The second-order valence-electron chi connectivity index (χ2n) is 7.46. The summed E-state index contributed by atoms with van der Waals surface area (Å²) < 4.78 is 0.591. The second-order valence-corrected chi connectivity index (χ2v) is 8.25. The highest BCUT2D eigenvalue weighted by molar-refractivity contribution is 9.10. The summed E-state index contributed by atoms with van der Waals surface area (Å²) in [5.74, 6) is 0. The van der Waals surface area contributed by atoms with Gasteiger partial charge in [-0.15, -0.1) is 0 Å².